The van der Waals surface area contributed by atoms with Crippen LogP contribution in [0.5, 0.6) is 0 Å². The van der Waals surface area contributed by atoms with Crippen molar-refractivity contribution in [1.82, 2.24) is 25.1 Å². The maximum atomic E-state index is 13.8. The van der Waals surface area contributed by atoms with E-state index >= 15 is 0 Å². The second kappa shape index (κ2) is 7.24. The van der Waals surface area contributed by atoms with Gasteiger partial charge in [-0.25, -0.2) is 4.39 Å². The molecule has 1 fully saturated rings. The first kappa shape index (κ1) is 17.9. The van der Waals surface area contributed by atoms with E-state index in [0.29, 0.717) is 18.7 Å². The maximum absolute atomic E-state index is 13.8. The van der Waals surface area contributed by atoms with Crippen molar-refractivity contribution >= 4 is 28.0 Å². The molecule has 0 aliphatic carbocycles. The molecule has 0 aromatic carbocycles. The largest absolute Gasteiger partial charge is 0.339 e. The summed E-state index contributed by atoms with van der Waals surface area (Å²) in [5.41, 5.74) is 7.06. The summed E-state index contributed by atoms with van der Waals surface area (Å²) in [7, 11) is 0. The molecule has 0 saturated carbocycles. The molecule has 2 atom stereocenters. The van der Waals surface area contributed by atoms with Gasteiger partial charge in [-0.2, -0.15) is 0 Å². The zero-order valence-electron chi connectivity index (χ0n) is 14.8. The van der Waals surface area contributed by atoms with Gasteiger partial charge in [-0.15, -0.1) is 10.2 Å². The van der Waals surface area contributed by atoms with Gasteiger partial charge in [-0.3, -0.25) is 14.8 Å². The average molecular weight is 386 g/mol. The summed E-state index contributed by atoms with van der Waals surface area (Å²) in [6.45, 7) is 2.43. The van der Waals surface area contributed by atoms with Gasteiger partial charge in [0.25, 0.3) is 0 Å². The van der Waals surface area contributed by atoms with Crippen molar-refractivity contribution in [2.24, 2.45) is 5.73 Å². The number of nitrogens with zero attached hydrogens (tertiary/aromatic N) is 5. The Labute approximate surface area is 159 Å². The first-order valence-electron chi connectivity index (χ1n) is 8.72. The van der Waals surface area contributed by atoms with Crippen LogP contribution < -0.4 is 5.73 Å². The van der Waals surface area contributed by atoms with Crippen LogP contribution in [-0.2, 0) is 11.2 Å². The number of carbonyl (C=O) groups excluding carboxylic acids is 1. The van der Waals surface area contributed by atoms with Crippen LogP contribution in [0.3, 0.4) is 0 Å². The summed E-state index contributed by atoms with van der Waals surface area (Å²) < 4.78 is 13.8. The van der Waals surface area contributed by atoms with Crippen molar-refractivity contribution in [2.75, 3.05) is 13.1 Å². The number of nitrogens with two attached hydrogens (primary N) is 1. The van der Waals surface area contributed by atoms with Crippen molar-refractivity contribution in [3.8, 4) is 10.7 Å². The third-order valence-corrected chi connectivity index (χ3v) is 5.54. The average Bonchev–Trinajstić information content (AvgIpc) is 3.09. The van der Waals surface area contributed by atoms with Crippen LogP contribution in [0.25, 0.3) is 21.5 Å². The van der Waals surface area contributed by atoms with Crippen molar-refractivity contribution in [1.29, 1.82) is 0 Å². The molecule has 0 unspecified atom stereocenters. The highest BCUT2D eigenvalue weighted by atomic mass is 32.1. The maximum Gasteiger partial charge on any atom is 0.228 e. The number of aromatic nitrogens is 4. The van der Waals surface area contributed by atoms with Crippen molar-refractivity contribution in [2.45, 2.75) is 32.0 Å². The van der Waals surface area contributed by atoms with E-state index in [4.69, 9.17) is 5.73 Å². The molecule has 4 rings (SSSR count). The highest BCUT2D eigenvalue weighted by Crippen LogP contribution is 2.25. The fourth-order valence-electron chi connectivity index (χ4n) is 3.11. The number of hydrogen-bond acceptors (Lipinski definition) is 7. The molecule has 1 aliphatic rings. The predicted octanol–water partition coefficient (Wildman–Crippen LogP) is 1.90. The lowest BCUT2D eigenvalue weighted by atomic mass is 10.0. The minimum Gasteiger partial charge on any atom is -0.339 e. The number of piperidine rings is 1. The Morgan fingerprint density at radius 1 is 1.30 bits per heavy atom. The van der Waals surface area contributed by atoms with Crippen LogP contribution in [0.4, 0.5) is 4.39 Å². The molecule has 27 heavy (non-hydrogen) atoms. The third kappa shape index (κ3) is 3.79. The Morgan fingerprint density at radius 3 is 2.85 bits per heavy atom. The van der Waals surface area contributed by atoms with Crippen LogP contribution in [0.15, 0.2) is 24.5 Å². The number of aryl methyl sites for hydroxylation is 1. The summed E-state index contributed by atoms with van der Waals surface area (Å²) in [4.78, 5) is 22.8. The molecular weight excluding hydrogens is 367 g/mol. The van der Waals surface area contributed by atoms with E-state index < -0.39 is 12.2 Å². The number of alkyl halides is 1. The number of amides is 1. The summed E-state index contributed by atoms with van der Waals surface area (Å²) >= 11 is 1.48. The van der Waals surface area contributed by atoms with Crippen LogP contribution in [-0.4, -0.2) is 56.3 Å². The number of pyridine rings is 2. The van der Waals surface area contributed by atoms with Crippen LogP contribution in [0, 0.1) is 6.92 Å². The fraction of sp³-hybridized carbons (Fsp3) is 0.389. The Hall–Kier alpha value is -2.52. The molecule has 0 bridgehead atoms. The summed E-state index contributed by atoms with van der Waals surface area (Å²) in [6.07, 6.45) is 2.88. The third-order valence-electron chi connectivity index (χ3n) is 4.68. The normalized spacial score (nSPS) is 20.2. The van der Waals surface area contributed by atoms with E-state index in [1.165, 1.54) is 16.2 Å². The molecule has 7 nitrogen and oxygen atoms in total. The molecule has 9 heteroatoms. The van der Waals surface area contributed by atoms with Gasteiger partial charge in [0.1, 0.15) is 16.9 Å². The van der Waals surface area contributed by atoms with Gasteiger partial charge in [0.05, 0.1) is 18.7 Å². The molecule has 140 valence electrons. The van der Waals surface area contributed by atoms with Crippen LogP contribution in [0.2, 0.25) is 0 Å². The molecule has 1 saturated heterocycles. The molecule has 0 radical (unpaired) electrons. The lowest BCUT2D eigenvalue weighted by molar-refractivity contribution is -0.132. The van der Waals surface area contributed by atoms with E-state index in [1.54, 1.807) is 12.4 Å². The molecular formula is C18H19FN6OS. The molecule has 0 spiro atoms. The predicted molar refractivity (Wildman–Crippen MR) is 101 cm³/mol. The lowest BCUT2D eigenvalue weighted by Crippen LogP contribution is -2.50. The number of hydrogen-bond donors (Lipinski definition) is 1. The zero-order chi connectivity index (χ0) is 19.0. The second-order valence-electron chi connectivity index (χ2n) is 6.70. The molecule has 1 amide bonds. The van der Waals surface area contributed by atoms with E-state index in [0.717, 1.165) is 26.5 Å². The molecule has 3 aromatic heterocycles. The van der Waals surface area contributed by atoms with E-state index in [9.17, 15) is 9.18 Å². The van der Waals surface area contributed by atoms with Gasteiger partial charge < -0.3 is 10.6 Å². The number of fused-ring (bicyclic) bond motifs is 1. The minimum absolute atomic E-state index is 0.0536. The quantitative estimate of drug-likeness (QED) is 0.738. The van der Waals surface area contributed by atoms with Gasteiger partial charge >= 0.3 is 0 Å². The van der Waals surface area contributed by atoms with Crippen molar-refractivity contribution in [3.63, 3.8) is 0 Å². The zero-order valence-corrected chi connectivity index (χ0v) is 15.6. The van der Waals surface area contributed by atoms with Crippen LogP contribution in [0.1, 0.15) is 17.1 Å². The first-order valence-corrected chi connectivity index (χ1v) is 9.54. The standard InChI is InChI=1S/C18H19FN6OS/c1-10-23-24-18(27-10)16-5-11-4-13(21-7-12(11)8-22-16)6-17(26)25-3-2-15(20)14(19)9-25/h4-5,7-8,14-15H,2-3,6,9,20H2,1H3/t14-,15-/m1/s1. The summed E-state index contributed by atoms with van der Waals surface area (Å²) in [6, 6.07) is 3.31. The minimum atomic E-state index is -1.17. The van der Waals surface area contributed by atoms with Gasteiger partial charge in [0.15, 0.2) is 5.01 Å². The van der Waals surface area contributed by atoms with Gasteiger partial charge in [0, 0.05) is 30.4 Å². The number of rotatable bonds is 3. The lowest BCUT2D eigenvalue weighted by Gasteiger charge is -2.32. The summed E-state index contributed by atoms with van der Waals surface area (Å²) in [5.74, 6) is -0.134. The molecule has 4 heterocycles. The Balaban J connectivity index is 1.54. The van der Waals surface area contributed by atoms with Gasteiger partial charge in [0.2, 0.25) is 5.91 Å². The van der Waals surface area contributed by atoms with Crippen LogP contribution >= 0.6 is 11.3 Å². The Kier molecular flexibility index (Phi) is 4.79. The highest BCUT2D eigenvalue weighted by molar-refractivity contribution is 7.14. The smallest absolute Gasteiger partial charge is 0.228 e. The molecule has 1 aliphatic heterocycles. The molecule has 3 aromatic rings. The summed E-state index contributed by atoms with van der Waals surface area (Å²) in [5, 5.41) is 11.6. The Morgan fingerprint density at radius 2 is 2.11 bits per heavy atom. The van der Waals surface area contributed by atoms with Crippen molar-refractivity contribution in [3.05, 3.63) is 35.2 Å². The van der Waals surface area contributed by atoms with E-state index in [-0.39, 0.29) is 18.9 Å². The fourth-order valence-corrected chi connectivity index (χ4v) is 3.77. The van der Waals surface area contributed by atoms with Crippen molar-refractivity contribution < 1.29 is 9.18 Å². The first-order chi connectivity index (χ1) is 13.0. The number of halogens is 1. The molecule has 2 N–H and O–H groups in total. The SMILES string of the molecule is Cc1nnc(-c2cc3cc(CC(=O)N4CC[C@@H](N)[C@H](F)C4)ncc3cn2)s1. The monoisotopic (exact) mass is 386 g/mol. The van der Waals surface area contributed by atoms with E-state index in [1.807, 2.05) is 19.1 Å². The van der Waals surface area contributed by atoms with E-state index in [2.05, 4.69) is 20.2 Å². The second-order valence-corrected chi connectivity index (χ2v) is 7.89. The van der Waals surface area contributed by atoms with Gasteiger partial charge in [-0.05, 0) is 30.9 Å². The number of carbonyl (C=O) groups is 1. The topological polar surface area (TPSA) is 97.9 Å². The van der Waals surface area contributed by atoms with Gasteiger partial charge in [-0.1, -0.05) is 11.3 Å². The number of likely N-dealkylation sites (tertiary alicyclic amines) is 1. The Bertz CT molecular complexity index is 993. The highest BCUT2D eigenvalue weighted by Gasteiger charge is 2.29.